The molecular weight excluding hydrogens is 242 g/mol. The van der Waals surface area contributed by atoms with Gasteiger partial charge in [0.1, 0.15) is 0 Å². The molecule has 4 heteroatoms. The molecule has 0 aromatic carbocycles. The minimum absolute atomic E-state index is 0.436. The number of rotatable bonds is 5. The van der Waals surface area contributed by atoms with Crippen LogP contribution >= 0.6 is 11.3 Å². The summed E-state index contributed by atoms with van der Waals surface area (Å²) in [4.78, 5) is 5.41. The number of hydrogen-bond donors (Lipinski definition) is 2. The third-order valence-electron chi connectivity index (χ3n) is 3.75. The number of thiophene rings is 1. The monoisotopic (exact) mass is 267 g/mol. The van der Waals surface area contributed by atoms with E-state index in [9.17, 15) is 0 Å². The molecule has 2 heterocycles. The molecule has 1 aliphatic heterocycles. The van der Waals surface area contributed by atoms with Gasteiger partial charge in [0.25, 0.3) is 0 Å². The van der Waals surface area contributed by atoms with E-state index in [0.29, 0.717) is 6.04 Å². The largest absolute Gasteiger partial charge is 0.328 e. The highest BCUT2D eigenvalue weighted by molar-refractivity contribution is 7.12. The molecule has 3 N–H and O–H groups in total. The second-order valence-corrected chi connectivity index (χ2v) is 6.65. The van der Waals surface area contributed by atoms with E-state index in [4.69, 9.17) is 5.73 Å². The molecule has 0 atom stereocenters. The van der Waals surface area contributed by atoms with E-state index in [1.54, 1.807) is 0 Å². The van der Waals surface area contributed by atoms with Crippen LogP contribution in [0.4, 0.5) is 0 Å². The van der Waals surface area contributed by atoms with Crippen molar-refractivity contribution in [3.05, 3.63) is 21.4 Å². The number of nitrogens with one attached hydrogen (secondary N) is 1. The molecule has 18 heavy (non-hydrogen) atoms. The zero-order valence-electron chi connectivity index (χ0n) is 11.5. The summed E-state index contributed by atoms with van der Waals surface area (Å²) in [7, 11) is 0. The van der Waals surface area contributed by atoms with Crippen molar-refractivity contribution in [1.29, 1.82) is 0 Å². The van der Waals surface area contributed by atoms with E-state index in [1.165, 1.54) is 28.4 Å². The van der Waals surface area contributed by atoms with Crippen molar-refractivity contribution in [2.75, 3.05) is 26.2 Å². The van der Waals surface area contributed by atoms with Gasteiger partial charge in [-0.25, -0.2) is 0 Å². The molecule has 102 valence electrons. The summed E-state index contributed by atoms with van der Waals surface area (Å²) in [6, 6.07) is 2.73. The van der Waals surface area contributed by atoms with E-state index in [-0.39, 0.29) is 0 Å². The highest BCUT2D eigenvalue weighted by Gasteiger charge is 2.14. The summed E-state index contributed by atoms with van der Waals surface area (Å²) in [5, 5.41) is 3.54. The Morgan fingerprint density at radius 2 is 2.11 bits per heavy atom. The second kappa shape index (κ2) is 6.66. The highest BCUT2D eigenvalue weighted by atomic mass is 32.1. The van der Waals surface area contributed by atoms with E-state index >= 15 is 0 Å². The molecule has 1 aromatic rings. The van der Waals surface area contributed by atoms with Crippen LogP contribution in [0.5, 0.6) is 0 Å². The SMILES string of the molecule is Cc1cc(CNCCN2CCC(N)CC2)sc1C. The van der Waals surface area contributed by atoms with Gasteiger partial charge in [0.15, 0.2) is 0 Å². The normalized spacial score (nSPS) is 18.4. The van der Waals surface area contributed by atoms with Gasteiger partial charge in [0, 0.05) is 35.4 Å². The maximum absolute atomic E-state index is 5.90. The molecule has 0 amide bonds. The number of likely N-dealkylation sites (tertiary alicyclic amines) is 1. The van der Waals surface area contributed by atoms with Crippen molar-refractivity contribution in [2.45, 2.75) is 39.3 Å². The van der Waals surface area contributed by atoms with Gasteiger partial charge in [0.05, 0.1) is 0 Å². The third-order valence-corrected chi connectivity index (χ3v) is 4.91. The number of nitrogens with zero attached hydrogens (tertiary/aromatic N) is 1. The van der Waals surface area contributed by atoms with Crippen LogP contribution in [0.3, 0.4) is 0 Å². The molecule has 0 unspecified atom stereocenters. The molecule has 1 aliphatic rings. The zero-order chi connectivity index (χ0) is 13.0. The molecular formula is C14H25N3S. The maximum atomic E-state index is 5.90. The quantitative estimate of drug-likeness (QED) is 0.800. The summed E-state index contributed by atoms with van der Waals surface area (Å²) in [5.41, 5.74) is 7.32. The van der Waals surface area contributed by atoms with Crippen molar-refractivity contribution in [1.82, 2.24) is 10.2 Å². The van der Waals surface area contributed by atoms with Crippen molar-refractivity contribution < 1.29 is 0 Å². The summed E-state index contributed by atoms with van der Waals surface area (Å²) in [6.07, 6.45) is 2.31. The molecule has 0 bridgehead atoms. The van der Waals surface area contributed by atoms with Crippen molar-refractivity contribution >= 4 is 11.3 Å². The second-order valence-electron chi connectivity index (χ2n) is 5.31. The van der Waals surface area contributed by atoms with Gasteiger partial charge in [-0.3, -0.25) is 0 Å². The predicted molar refractivity (Wildman–Crippen MR) is 79.1 cm³/mol. The molecule has 0 saturated carbocycles. The molecule has 1 fully saturated rings. The standard InChI is InChI=1S/C14H25N3S/c1-11-9-14(18-12(11)2)10-16-5-8-17-6-3-13(15)4-7-17/h9,13,16H,3-8,10,15H2,1-2H3. The predicted octanol–water partition coefficient (Wildman–Crippen LogP) is 1.88. The lowest BCUT2D eigenvalue weighted by Crippen LogP contribution is -2.42. The number of aryl methyl sites for hydroxylation is 2. The summed E-state index contributed by atoms with van der Waals surface area (Å²) in [5.74, 6) is 0. The third kappa shape index (κ3) is 4.05. The van der Waals surface area contributed by atoms with Gasteiger partial charge in [-0.1, -0.05) is 0 Å². The first-order chi connectivity index (χ1) is 8.65. The van der Waals surface area contributed by atoms with Crippen LogP contribution in [0.2, 0.25) is 0 Å². The van der Waals surface area contributed by atoms with Crippen molar-refractivity contribution in [3.8, 4) is 0 Å². The van der Waals surface area contributed by atoms with Gasteiger partial charge in [-0.2, -0.15) is 0 Å². The fraction of sp³-hybridized carbons (Fsp3) is 0.714. The van der Waals surface area contributed by atoms with Crippen molar-refractivity contribution in [2.24, 2.45) is 5.73 Å². The lowest BCUT2D eigenvalue weighted by atomic mass is 10.1. The lowest BCUT2D eigenvalue weighted by molar-refractivity contribution is 0.213. The van der Waals surface area contributed by atoms with Crippen molar-refractivity contribution in [3.63, 3.8) is 0 Å². The Morgan fingerprint density at radius 1 is 1.39 bits per heavy atom. The average Bonchev–Trinajstić information content (AvgIpc) is 2.67. The Morgan fingerprint density at radius 3 is 2.72 bits per heavy atom. The first-order valence-corrected chi connectivity index (χ1v) is 7.71. The first kappa shape index (κ1) is 14.0. The number of piperidine rings is 1. The molecule has 0 radical (unpaired) electrons. The lowest BCUT2D eigenvalue weighted by Gasteiger charge is -2.29. The summed E-state index contributed by atoms with van der Waals surface area (Å²) in [6.45, 7) is 9.95. The Hall–Kier alpha value is -0.420. The highest BCUT2D eigenvalue weighted by Crippen LogP contribution is 2.20. The van der Waals surface area contributed by atoms with Gasteiger partial charge in [0.2, 0.25) is 0 Å². The minimum Gasteiger partial charge on any atom is -0.328 e. The van der Waals surface area contributed by atoms with Crippen LogP contribution in [0, 0.1) is 13.8 Å². The van der Waals surface area contributed by atoms with Crippen LogP contribution in [0.1, 0.15) is 28.2 Å². The number of hydrogen-bond acceptors (Lipinski definition) is 4. The van der Waals surface area contributed by atoms with Crippen LogP contribution in [-0.2, 0) is 6.54 Å². The van der Waals surface area contributed by atoms with Crippen LogP contribution in [0.25, 0.3) is 0 Å². The van der Waals surface area contributed by atoms with Gasteiger partial charge >= 0.3 is 0 Å². The Bertz CT molecular complexity index is 348. The number of nitrogens with two attached hydrogens (primary N) is 1. The topological polar surface area (TPSA) is 41.3 Å². The summed E-state index contributed by atoms with van der Waals surface area (Å²) < 4.78 is 0. The molecule has 3 nitrogen and oxygen atoms in total. The van der Waals surface area contributed by atoms with Gasteiger partial charge in [-0.15, -0.1) is 11.3 Å². The Kier molecular flexibility index (Phi) is 5.18. The molecule has 0 spiro atoms. The van der Waals surface area contributed by atoms with E-state index < -0.39 is 0 Å². The molecule has 1 saturated heterocycles. The van der Waals surface area contributed by atoms with Gasteiger partial charge < -0.3 is 16.0 Å². The first-order valence-electron chi connectivity index (χ1n) is 6.89. The van der Waals surface area contributed by atoms with Crippen LogP contribution in [-0.4, -0.2) is 37.1 Å². The minimum atomic E-state index is 0.436. The molecule has 2 rings (SSSR count). The Balaban J connectivity index is 1.61. The summed E-state index contributed by atoms with van der Waals surface area (Å²) >= 11 is 1.91. The van der Waals surface area contributed by atoms with Gasteiger partial charge in [-0.05, 0) is 51.4 Å². The van der Waals surface area contributed by atoms with E-state index in [0.717, 1.165) is 32.5 Å². The van der Waals surface area contributed by atoms with E-state index in [1.807, 2.05) is 11.3 Å². The zero-order valence-corrected chi connectivity index (χ0v) is 12.4. The van der Waals surface area contributed by atoms with E-state index in [2.05, 4.69) is 30.1 Å². The molecule has 0 aliphatic carbocycles. The maximum Gasteiger partial charge on any atom is 0.0300 e. The van der Waals surface area contributed by atoms with Crippen LogP contribution in [0.15, 0.2) is 6.07 Å². The average molecular weight is 267 g/mol. The fourth-order valence-corrected chi connectivity index (χ4v) is 3.39. The van der Waals surface area contributed by atoms with Crippen LogP contribution < -0.4 is 11.1 Å². The smallest absolute Gasteiger partial charge is 0.0300 e. The Labute approximate surface area is 114 Å². The fourth-order valence-electron chi connectivity index (χ4n) is 2.36. The molecule has 1 aromatic heterocycles.